The molecule has 1 amide bonds. The quantitative estimate of drug-likeness (QED) is 0.724. The van der Waals surface area contributed by atoms with Crippen LogP contribution < -0.4 is 10.0 Å². The molecule has 2 N–H and O–H groups in total. The van der Waals surface area contributed by atoms with Gasteiger partial charge in [-0.05, 0) is 49.9 Å². The third-order valence-electron chi connectivity index (χ3n) is 3.32. The van der Waals surface area contributed by atoms with E-state index in [0.29, 0.717) is 17.5 Å². The largest absolute Gasteiger partial charge is 0.349 e. The summed E-state index contributed by atoms with van der Waals surface area (Å²) < 4.78 is 26.4. The van der Waals surface area contributed by atoms with Crippen LogP contribution in [0.3, 0.4) is 0 Å². The van der Waals surface area contributed by atoms with E-state index in [2.05, 4.69) is 10.0 Å². The second kappa shape index (κ2) is 6.76. The Morgan fingerprint density at radius 1 is 1.27 bits per heavy atom. The second-order valence-corrected chi connectivity index (χ2v) is 7.46. The third kappa shape index (κ3) is 4.53. The van der Waals surface area contributed by atoms with E-state index in [0.717, 1.165) is 12.8 Å². The van der Waals surface area contributed by atoms with Crippen LogP contribution in [0.4, 0.5) is 0 Å². The lowest BCUT2D eigenvalue weighted by molar-refractivity contribution is -0.138. The highest BCUT2D eigenvalue weighted by molar-refractivity contribution is 7.89. The Morgan fingerprint density at radius 3 is 2.41 bits per heavy atom. The molecule has 0 radical (unpaired) electrons. The summed E-state index contributed by atoms with van der Waals surface area (Å²) in [7, 11) is -3.88. The van der Waals surface area contributed by atoms with Crippen LogP contribution in [0.15, 0.2) is 29.2 Å². The molecule has 22 heavy (non-hydrogen) atoms. The summed E-state index contributed by atoms with van der Waals surface area (Å²) in [5.74, 6) is -1.13. The van der Waals surface area contributed by atoms with Crippen LogP contribution in [0.1, 0.15) is 19.8 Å². The van der Waals surface area contributed by atoms with Crippen molar-refractivity contribution in [3.05, 3.63) is 29.3 Å². The van der Waals surface area contributed by atoms with Crippen molar-refractivity contribution in [2.24, 2.45) is 5.92 Å². The summed E-state index contributed by atoms with van der Waals surface area (Å²) in [6, 6.07) is 4.39. The molecule has 1 aliphatic carbocycles. The molecule has 2 rings (SSSR count). The van der Waals surface area contributed by atoms with Crippen molar-refractivity contribution in [2.45, 2.75) is 30.7 Å². The predicted octanol–water partition coefficient (Wildman–Crippen LogP) is 1.10. The van der Waals surface area contributed by atoms with Gasteiger partial charge in [0.05, 0.1) is 10.9 Å². The van der Waals surface area contributed by atoms with Crippen LogP contribution in [0.5, 0.6) is 0 Å². The molecule has 1 aliphatic rings. The normalized spacial score (nSPS) is 16.1. The number of sulfonamides is 1. The molecule has 1 atom stereocenters. The fourth-order valence-corrected chi connectivity index (χ4v) is 3.14. The number of halogens is 1. The number of ketones is 1. The van der Waals surface area contributed by atoms with Crippen molar-refractivity contribution < 1.29 is 18.0 Å². The molecule has 6 nitrogen and oxygen atoms in total. The molecule has 0 aliphatic heterocycles. The van der Waals surface area contributed by atoms with Crippen molar-refractivity contribution in [3.8, 4) is 0 Å². The van der Waals surface area contributed by atoms with Crippen molar-refractivity contribution >= 4 is 33.3 Å². The molecule has 1 unspecified atom stereocenters. The van der Waals surface area contributed by atoms with E-state index in [4.69, 9.17) is 11.6 Å². The van der Waals surface area contributed by atoms with Crippen LogP contribution in [0, 0.1) is 5.92 Å². The monoisotopic (exact) mass is 344 g/mol. The maximum atomic E-state index is 12.1. The Bertz CT molecular complexity index is 669. The lowest BCUT2D eigenvalue weighted by Crippen LogP contribution is -2.46. The number of carbonyl (C=O) groups is 2. The standard InChI is InChI=1S/C14H17ClN2O4S/c1-9(13(18)14(19)16-8-10-2-3-10)17-22(20,21)12-6-4-11(15)5-7-12/h4-7,9-10,17H,2-3,8H2,1H3,(H,16,19). The van der Waals surface area contributed by atoms with Crippen LogP contribution in [-0.4, -0.2) is 32.7 Å². The zero-order valence-electron chi connectivity index (χ0n) is 12.0. The minimum atomic E-state index is -3.88. The van der Waals surface area contributed by atoms with Gasteiger partial charge in [-0.25, -0.2) is 13.1 Å². The molecule has 0 heterocycles. The number of Topliss-reactive ketones (excluding diaryl/α,β-unsaturated/α-hetero) is 1. The summed E-state index contributed by atoms with van der Waals surface area (Å²) in [6.45, 7) is 1.80. The number of carbonyl (C=O) groups excluding carboxylic acids is 2. The Balaban J connectivity index is 1.96. The number of amides is 1. The molecule has 1 aromatic rings. The number of nitrogens with one attached hydrogen (secondary N) is 2. The highest BCUT2D eigenvalue weighted by Crippen LogP contribution is 2.27. The number of rotatable bonds is 7. The lowest BCUT2D eigenvalue weighted by Gasteiger charge is -2.13. The van der Waals surface area contributed by atoms with Gasteiger partial charge in [0.2, 0.25) is 15.8 Å². The molecule has 0 saturated heterocycles. The molecule has 0 aromatic heterocycles. The summed E-state index contributed by atoms with van der Waals surface area (Å²) in [5, 5.41) is 2.92. The van der Waals surface area contributed by atoms with E-state index >= 15 is 0 Å². The van der Waals surface area contributed by atoms with E-state index in [-0.39, 0.29) is 4.90 Å². The predicted molar refractivity (Wildman–Crippen MR) is 82.0 cm³/mol. The van der Waals surface area contributed by atoms with Gasteiger partial charge in [-0.1, -0.05) is 11.6 Å². The summed E-state index contributed by atoms with van der Waals surface area (Å²) in [4.78, 5) is 23.5. The maximum absolute atomic E-state index is 12.1. The van der Waals surface area contributed by atoms with Crippen molar-refractivity contribution in [3.63, 3.8) is 0 Å². The van der Waals surface area contributed by atoms with Crippen LogP contribution >= 0.6 is 11.6 Å². The lowest BCUT2D eigenvalue weighted by atomic mass is 10.2. The average Bonchev–Trinajstić information content (AvgIpc) is 3.28. The van der Waals surface area contributed by atoms with Gasteiger partial charge >= 0.3 is 0 Å². The van der Waals surface area contributed by atoms with E-state index in [1.165, 1.54) is 31.2 Å². The molecule has 1 fully saturated rings. The fraction of sp³-hybridized carbons (Fsp3) is 0.429. The zero-order valence-corrected chi connectivity index (χ0v) is 13.6. The molecular formula is C14H17ClN2O4S. The van der Waals surface area contributed by atoms with Gasteiger partial charge in [-0.15, -0.1) is 0 Å². The van der Waals surface area contributed by atoms with E-state index < -0.39 is 27.8 Å². The maximum Gasteiger partial charge on any atom is 0.289 e. The molecule has 8 heteroatoms. The molecule has 1 saturated carbocycles. The number of benzene rings is 1. The Kier molecular flexibility index (Phi) is 5.20. The van der Waals surface area contributed by atoms with Crippen LogP contribution in [0.2, 0.25) is 5.02 Å². The molecule has 1 aromatic carbocycles. The minimum absolute atomic E-state index is 0.0186. The van der Waals surface area contributed by atoms with Crippen molar-refractivity contribution in [1.82, 2.24) is 10.0 Å². The summed E-state index contributed by atoms with van der Waals surface area (Å²) in [5.41, 5.74) is 0. The number of hydrogen-bond donors (Lipinski definition) is 2. The van der Waals surface area contributed by atoms with Crippen LogP contribution in [-0.2, 0) is 19.6 Å². The molecule has 0 bridgehead atoms. The highest BCUT2D eigenvalue weighted by Gasteiger charge is 2.28. The minimum Gasteiger partial charge on any atom is -0.349 e. The first kappa shape index (κ1) is 16.9. The van der Waals surface area contributed by atoms with Crippen LogP contribution in [0.25, 0.3) is 0 Å². The Hall–Kier alpha value is -1.44. The SMILES string of the molecule is CC(NS(=O)(=O)c1ccc(Cl)cc1)C(=O)C(=O)NCC1CC1. The first-order chi connectivity index (χ1) is 10.3. The van der Waals surface area contributed by atoms with Gasteiger partial charge in [-0.2, -0.15) is 0 Å². The Morgan fingerprint density at radius 2 is 1.86 bits per heavy atom. The average molecular weight is 345 g/mol. The van der Waals surface area contributed by atoms with Gasteiger partial charge in [0.25, 0.3) is 5.91 Å². The molecule has 0 spiro atoms. The van der Waals surface area contributed by atoms with E-state index in [9.17, 15) is 18.0 Å². The summed E-state index contributed by atoms with van der Waals surface area (Å²) in [6.07, 6.45) is 2.10. The van der Waals surface area contributed by atoms with Crippen molar-refractivity contribution in [1.29, 1.82) is 0 Å². The smallest absolute Gasteiger partial charge is 0.289 e. The zero-order chi connectivity index (χ0) is 16.3. The van der Waals surface area contributed by atoms with Crippen molar-refractivity contribution in [2.75, 3.05) is 6.54 Å². The fourth-order valence-electron chi connectivity index (χ4n) is 1.81. The van der Waals surface area contributed by atoms with Gasteiger partial charge in [0, 0.05) is 11.6 Å². The van der Waals surface area contributed by atoms with E-state index in [1.807, 2.05) is 0 Å². The molecular weight excluding hydrogens is 328 g/mol. The van der Waals surface area contributed by atoms with Gasteiger partial charge < -0.3 is 5.32 Å². The third-order valence-corrected chi connectivity index (χ3v) is 5.13. The molecule has 120 valence electrons. The van der Waals surface area contributed by atoms with Gasteiger partial charge in [0.1, 0.15) is 0 Å². The first-order valence-corrected chi connectivity index (χ1v) is 8.75. The van der Waals surface area contributed by atoms with E-state index in [1.54, 1.807) is 0 Å². The highest BCUT2D eigenvalue weighted by atomic mass is 35.5. The Labute approximate surface area is 134 Å². The number of hydrogen-bond acceptors (Lipinski definition) is 4. The van der Waals surface area contributed by atoms with Gasteiger partial charge in [-0.3, -0.25) is 9.59 Å². The first-order valence-electron chi connectivity index (χ1n) is 6.89. The topological polar surface area (TPSA) is 92.3 Å². The van der Waals surface area contributed by atoms with Gasteiger partial charge in [0.15, 0.2) is 0 Å². The second-order valence-electron chi connectivity index (χ2n) is 5.31. The summed E-state index contributed by atoms with van der Waals surface area (Å²) >= 11 is 5.70.